The minimum atomic E-state index is 0.0900. The highest BCUT2D eigenvalue weighted by Gasteiger charge is 2.22. The summed E-state index contributed by atoms with van der Waals surface area (Å²) < 4.78 is 0. The van der Waals surface area contributed by atoms with E-state index in [0.717, 1.165) is 30.0 Å². The lowest BCUT2D eigenvalue weighted by Crippen LogP contribution is -2.48. The molecule has 0 saturated carbocycles. The van der Waals surface area contributed by atoms with Crippen molar-refractivity contribution in [2.24, 2.45) is 0 Å². The summed E-state index contributed by atoms with van der Waals surface area (Å²) in [6.45, 7) is 7.07. The summed E-state index contributed by atoms with van der Waals surface area (Å²) in [5, 5.41) is 12.6. The Hall–Kier alpha value is -3.00. The second-order valence-corrected chi connectivity index (χ2v) is 6.79. The predicted octanol–water partition coefficient (Wildman–Crippen LogP) is 3.34. The summed E-state index contributed by atoms with van der Waals surface area (Å²) in [6.07, 6.45) is 0. The maximum absolute atomic E-state index is 12.6. The zero-order valence-electron chi connectivity index (χ0n) is 15.3. The molecule has 134 valence electrons. The van der Waals surface area contributed by atoms with E-state index in [9.17, 15) is 10.1 Å². The van der Waals surface area contributed by atoms with Crippen molar-refractivity contribution in [2.45, 2.75) is 19.9 Å². The van der Waals surface area contributed by atoms with Gasteiger partial charge in [0.05, 0.1) is 11.3 Å². The van der Waals surface area contributed by atoms with Crippen LogP contribution in [-0.2, 0) is 0 Å². The standard InChI is InChI=1S/C21H24N4O/c1-16(2)23-20-14-19(9-8-18(20)15-22)24-10-12-25(13-11-24)21(26)17-6-4-3-5-7-17/h3-9,14,16,23H,10-13H2,1-2H3. The quantitative estimate of drug-likeness (QED) is 0.921. The SMILES string of the molecule is CC(C)Nc1cc(N2CCN(C(=O)c3ccccc3)CC2)ccc1C#N. The average molecular weight is 348 g/mol. The maximum atomic E-state index is 12.6. The van der Waals surface area contributed by atoms with Gasteiger partial charge >= 0.3 is 0 Å². The highest BCUT2D eigenvalue weighted by Crippen LogP contribution is 2.25. The molecule has 5 nitrogen and oxygen atoms in total. The number of carbonyl (C=O) groups excluding carboxylic acids is 1. The van der Waals surface area contributed by atoms with Crippen LogP contribution in [0.4, 0.5) is 11.4 Å². The van der Waals surface area contributed by atoms with Gasteiger partial charge in [0.25, 0.3) is 5.91 Å². The van der Waals surface area contributed by atoms with Crippen LogP contribution >= 0.6 is 0 Å². The van der Waals surface area contributed by atoms with Gasteiger partial charge in [-0.05, 0) is 44.2 Å². The highest BCUT2D eigenvalue weighted by atomic mass is 16.2. The molecule has 1 saturated heterocycles. The lowest BCUT2D eigenvalue weighted by molar-refractivity contribution is 0.0747. The van der Waals surface area contributed by atoms with Crippen molar-refractivity contribution in [3.63, 3.8) is 0 Å². The van der Waals surface area contributed by atoms with Gasteiger partial charge < -0.3 is 15.1 Å². The molecule has 1 aliphatic rings. The molecular weight excluding hydrogens is 324 g/mol. The molecule has 2 aromatic rings. The third kappa shape index (κ3) is 3.97. The molecule has 1 aliphatic heterocycles. The minimum Gasteiger partial charge on any atom is -0.382 e. The molecule has 0 radical (unpaired) electrons. The number of piperazine rings is 1. The number of nitriles is 1. The highest BCUT2D eigenvalue weighted by molar-refractivity contribution is 5.94. The second-order valence-electron chi connectivity index (χ2n) is 6.79. The van der Waals surface area contributed by atoms with Gasteiger partial charge in [-0.3, -0.25) is 4.79 Å². The first kappa shape index (κ1) is 17.8. The molecule has 0 atom stereocenters. The predicted molar refractivity (Wildman–Crippen MR) is 104 cm³/mol. The number of anilines is 2. The molecule has 0 aliphatic carbocycles. The van der Waals surface area contributed by atoms with Gasteiger partial charge in [-0.2, -0.15) is 5.26 Å². The zero-order chi connectivity index (χ0) is 18.5. The number of rotatable bonds is 4. The Labute approximate surface area is 154 Å². The van der Waals surface area contributed by atoms with Gasteiger partial charge in [0.2, 0.25) is 0 Å². The number of nitrogens with one attached hydrogen (secondary N) is 1. The molecular formula is C21H24N4O. The summed E-state index contributed by atoms with van der Waals surface area (Å²) in [5.41, 5.74) is 3.34. The smallest absolute Gasteiger partial charge is 0.253 e. The Kier molecular flexibility index (Phi) is 5.43. The van der Waals surface area contributed by atoms with Crippen LogP contribution < -0.4 is 10.2 Å². The number of carbonyl (C=O) groups is 1. The van der Waals surface area contributed by atoms with Crippen LogP contribution in [0.3, 0.4) is 0 Å². The lowest BCUT2D eigenvalue weighted by Gasteiger charge is -2.36. The van der Waals surface area contributed by atoms with E-state index in [2.05, 4.69) is 30.1 Å². The molecule has 1 N–H and O–H groups in total. The summed E-state index contributed by atoms with van der Waals surface area (Å²) in [4.78, 5) is 16.7. The number of hydrogen-bond donors (Lipinski definition) is 1. The van der Waals surface area contributed by atoms with Crippen LogP contribution in [0.25, 0.3) is 0 Å². The van der Waals surface area contributed by atoms with Crippen LogP contribution in [0.5, 0.6) is 0 Å². The Morgan fingerprint density at radius 2 is 1.77 bits per heavy atom. The van der Waals surface area contributed by atoms with Crippen LogP contribution in [0.15, 0.2) is 48.5 Å². The summed E-state index contributed by atoms with van der Waals surface area (Å²) in [7, 11) is 0. The van der Waals surface area contributed by atoms with Gasteiger partial charge in [-0.15, -0.1) is 0 Å². The monoisotopic (exact) mass is 348 g/mol. The second kappa shape index (κ2) is 7.92. The number of nitrogens with zero attached hydrogens (tertiary/aromatic N) is 3. The average Bonchev–Trinajstić information content (AvgIpc) is 2.68. The number of amides is 1. The largest absolute Gasteiger partial charge is 0.382 e. The fourth-order valence-corrected chi connectivity index (χ4v) is 3.19. The van der Waals surface area contributed by atoms with Gasteiger partial charge in [0.1, 0.15) is 6.07 Å². The summed E-state index contributed by atoms with van der Waals surface area (Å²) >= 11 is 0. The van der Waals surface area contributed by atoms with E-state index in [4.69, 9.17) is 0 Å². The van der Waals surface area contributed by atoms with E-state index in [1.807, 2.05) is 53.4 Å². The number of hydrogen-bond acceptors (Lipinski definition) is 4. The zero-order valence-corrected chi connectivity index (χ0v) is 15.3. The van der Waals surface area contributed by atoms with Crippen molar-refractivity contribution in [1.29, 1.82) is 5.26 Å². The van der Waals surface area contributed by atoms with Crippen LogP contribution in [0.2, 0.25) is 0 Å². The van der Waals surface area contributed by atoms with Gasteiger partial charge in [0, 0.05) is 43.5 Å². The number of benzene rings is 2. The maximum Gasteiger partial charge on any atom is 0.253 e. The Bertz CT molecular complexity index is 803. The Balaban J connectivity index is 1.68. The molecule has 26 heavy (non-hydrogen) atoms. The fraction of sp³-hybridized carbons (Fsp3) is 0.333. The van der Waals surface area contributed by atoms with E-state index in [1.54, 1.807) is 0 Å². The van der Waals surface area contributed by atoms with E-state index < -0.39 is 0 Å². The Morgan fingerprint density at radius 1 is 1.08 bits per heavy atom. The molecule has 0 aromatic heterocycles. The van der Waals surface area contributed by atoms with E-state index in [-0.39, 0.29) is 11.9 Å². The van der Waals surface area contributed by atoms with Crippen LogP contribution in [0, 0.1) is 11.3 Å². The molecule has 5 heteroatoms. The first-order valence-corrected chi connectivity index (χ1v) is 8.98. The molecule has 1 amide bonds. The van der Waals surface area contributed by atoms with E-state index >= 15 is 0 Å². The first-order valence-electron chi connectivity index (χ1n) is 8.98. The van der Waals surface area contributed by atoms with Crippen molar-refractivity contribution in [2.75, 3.05) is 36.4 Å². The van der Waals surface area contributed by atoms with Crippen molar-refractivity contribution in [3.05, 3.63) is 59.7 Å². The summed E-state index contributed by atoms with van der Waals surface area (Å²) in [6, 6.07) is 17.8. The molecule has 1 heterocycles. The van der Waals surface area contributed by atoms with Gasteiger partial charge in [-0.1, -0.05) is 18.2 Å². The molecule has 1 fully saturated rings. The first-order chi connectivity index (χ1) is 12.6. The lowest BCUT2D eigenvalue weighted by atomic mass is 10.1. The minimum absolute atomic E-state index is 0.0900. The van der Waals surface area contributed by atoms with Crippen molar-refractivity contribution < 1.29 is 4.79 Å². The van der Waals surface area contributed by atoms with Crippen molar-refractivity contribution in [1.82, 2.24) is 4.90 Å². The van der Waals surface area contributed by atoms with E-state index in [0.29, 0.717) is 18.7 Å². The Morgan fingerprint density at radius 3 is 2.38 bits per heavy atom. The third-order valence-corrected chi connectivity index (χ3v) is 4.52. The molecule has 0 bridgehead atoms. The van der Waals surface area contributed by atoms with Crippen LogP contribution in [0.1, 0.15) is 29.8 Å². The molecule has 0 spiro atoms. The van der Waals surface area contributed by atoms with Gasteiger partial charge in [0.15, 0.2) is 0 Å². The van der Waals surface area contributed by atoms with E-state index in [1.165, 1.54) is 0 Å². The fourth-order valence-electron chi connectivity index (χ4n) is 3.19. The molecule has 3 rings (SSSR count). The topological polar surface area (TPSA) is 59.4 Å². The normalized spacial score (nSPS) is 14.2. The van der Waals surface area contributed by atoms with Crippen molar-refractivity contribution >= 4 is 17.3 Å². The van der Waals surface area contributed by atoms with Crippen LogP contribution in [-0.4, -0.2) is 43.0 Å². The summed E-state index contributed by atoms with van der Waals surface area (Å²) in [5.74, 6) is 0.0900. The van der Waals surface area contributed by atoms with Gasteiger partial charge in [-0.25, -0.2) is 0 Å². The molecule has 0 unspecified atom stereocenters. The molecule has 2 aromatic carbocycles. The van der Waals surface area contributed by atoms with Crippen molar-refractivity contribution in [3.8, 4) is 6.07 Å². The third-order valence-electron chi connectivity index (χ3n) is 4.52.